The van der Waals surface area contributed by atoms with Gasteiger partial charge in [0.15, 0.2) is 0 Å². The van der Waals surface area contributed by atoms with E-state index in [0.29, 0.717) is 6.54 Å². The molecule has 1 aromatic rings. The molecule has 3 N–H and O–H groups in total. The number of hydrogen-bond acceptors (Lipinski definition) is 3. The molecule has 0 saturated carbocycles. The summed E-state index contributed by atoms with van der Waals surface area (Å²) in [6.07, 6.45) is 2.31. The first-order valence-corrected chi connectivity index (χ1v) is 6.44. The number of amides is 1. The van der Waals surface area contributed by atoms with Crippen molar-refractivity contribution in [2.24, 2.45) is 5.73 Å². The second kappa shape index (κ2) is 5.40. The number of nitrogens with one attached hydrogen (secondary N) is 1. The molecule has 1 amide bonds. The molecule has 4 heteroatoms. The molecule has 0 aliphatic carbocycles. The van der Waals surface area contributed by atoms with Gasteiger partial charge in [0.2, 0.25) is 5.91 Å². The molecule has 98 valence electrons. The molecule has 4 nitrogen and oxygen atoms in total. The summed E-state index contributed by atoms with van der Waals surface area (Å²) in [6, 6.07) is 5.95. The van der Waals surface area contributed by atoms with Crippen LogP contribution in [0.3, 0.4) is 0 Å². The van der Waals surface area contributed by atoms with Crippen molar-refractivity contribution in [1.29, 1.82) is 0 Å². The minimum absolute atomic E-state index is 0.107. The van der Waals surface area contributed by atoms with Crippen LogP contribution in [0, 0.1) is 0 Å². The third-order valence-corrected chi connectivity index (χ3v) is 3.38. The SMILES string of the molecule is CC(N)C(=O)NCc1ccc2c(c1)CCCN2C. The number of fused-ring (bicyclic) bond motifs is 1. The predicted molar refractivity (Wildman–Crippen MR) is 73.5 cm³/mol. The maximum Gasteiger partial charge on any atom is 0.236 e. The highest BCUT2D eigenvalue weighted by atomic mass is 16.2. The van der Waals surface area contributed by atoms with Gasteiger partial charge in [-0.15, -0.1) is 0 Å². The van der Waals surface area contributed by atoms with E-state index < -0.39 is 6.04 Å². The highest BCUT2D eigenvalue weighted by molar-refractivity contribution is 5.80. The summed E-state index contributed by atoms with van der Waals surface area (Å²) in [5.41, 5.74) is 9.33. The van der Waals surface area contributed by atoms with Crippen LogP contribution in [-0.2, 0) is 17.8 Å². The lowest BCUT2D eigenvalue weighted by atomic mass is 9.99. The molecule has 0 radical (unpaired) electrons. The molecule has 1 heterocycles. The van der Waals surface area contributed by atoms with E-state index in [-0.39, 0.29) is 5.91 Å². The van der Waals surface area contributed by atoms with Crippen molar-refractivity contribution in [1.82, 2.24) is 5.32 Å². The monoisotopic (exact) mass is 247 g/mol. The lowest BCUT2D eigenvalue weighted by Gasteiger charge is -2.27. The molecule has 0 spiro atoms. The van der Waals surface area contributed by atoms with Crippen LogP contribution >= 0.6 is 0 Å². The first-order chi connectivity index (χ1) is 8.58. The number of benzene rings is 1. The maximum absolute atomic E-state index is 11.4. The average Bonchev–Trinajstić information content (AvgIpc) is 2.36. The molecule has 1 aromatic carbocycles. The van der Waals surface area contributed by atoms with Gasteiger partial charge >= 0.3 is 0 Å². The Labute approximate surface area is 108 Å². The third kappa shape index (κ3) is 2.82. The van der Waals surface area contributed by atoms with Crippen molar-refractivity contribution >= 4 is 11.6 Å². The van der Waals surface area contributed by atoms with Gasteiger partial charge in [-0.05, 0) is 37.0 Å². The highest BCUT2D eigenvalue weighted by Gasteiger charge is 2.14. The number of rotatable bonds is 3. The molecule has 1 aliphatic rings. The van der Waals surface area contributed by atoms with Crippen LogP contribution in [-0.4, -0.2) is 25.5 Å². The Kier molecular flexibility index (Phi) is 3.87. The van der Waals surface area contributed by atoms with E-state index in [4.69, 9.17) is 5.73 Å². The molecule has 0 bridgehead atoms. The smallest absolute Gasteiger partial charge is 0.236 e. The Morgan fingerprint density at radius 3 is 3.06 bits per heavy atom. The van der Waals surface area contributed by atoms with Crippen molar-refractivity contribution in [2.75, 3.05) is 18.5 Å². The maximum atomic E-state index is 11.4. The van der Waals surface area contributed by atoms with E-state index >= 15 is 0 Å². The van der Waals surface area contributed by atoms with Crippen molar-refractivity contribution < 1.29 is 4.79 Å². The van der Waals surface area contributed by atoms with E-state index in [1.807, 2.05) is 0 Å². The summed E-state index contributed by atoms with van der Waals surface area (Å²) in [5.74, 6) is -0.107. The number of nitrogens with two attached hydrogens (primary N) is 1. The normalized spacial score (nSPS) is 16.1. The quantitative estimate of drug-likeness (QED) is 0.839. The second-order valence-corrected chi connectivity index (χ2v) is 4.99. The topological polar surface area (TPSA) is 58.4 Å². The largest absolute Gasteiger partial charge is 0.374 e. The lowest BCUT2D eigenvalue weighted by Crippen LogP contribution is -2.37. The Balaban J connectivity index is 2.05. The molecule has 18 heavy (non-hydrogen) atoms. The number of anilines is 1. The summed E-state index contributed by atoms with van der Waals surface area (Å²) in [4.78, 5) is 13.7. The summed E-state index contributed by atoms with van der Waals surface area (Å²) >= 11 is 0. The first-order valence-electron chi connectivity index (χ1n) is 6.44. The Morgan fingerprint density at radius 2 is 2.33 bits per heavy atom. The summed E-state index contributed by atoms with van der Waals surface area (Å²) in [6.45, 7) is 3.36. The Bertz CT molecular complexity index is 443. The zero-order chi connectivity index (χ0) is 13.1. The molecule has 1 aliphatic heterocycles. The third-order valence-electron chi connectivity index (χ3n) is 3.38. The van der Waals surface area contributed by atoms with Gasteiger partial charge in [-0.1, -0.05) is 12.1 Å². The second-order valence-electron chi connectivity index (χ2n) is 4.99. The van der Waals surface area contributed by atoms with Crippen LogP contribution in [0.15, 0.2) is 18.2 Å². The highest BCUT2D eigenvalue weighted by Crippen LogP contribution is 2.26. The van der Waals surface area contributed by atoms with Gasteiger partial charge in [-0.2, -0.15) is 0 Å². The minimum atomic E-state index is -0.450. The van der Waals surface area contributed by atoms with E-state index in [2.05, 4.69) is 35.5 Å². The van der Waals surface area contributed by atoms with Crippen LogP contribution in [0.4, 0.5) is 5.69 Å². The molecular weight excluding hydrogens is 226 g/mol. The molecule has 0 aromatic heterocycles. The Morgan fingerprint density at radius 1 is 1.56 bits per heavy atom. The number of hydrogen-bond donors (Lipinski definition) is 2. The summed E-state index contributed by atoms with van der Waals surface area (Å²) in [5, 5.41) is 2.84. The van der Waals surface area contributed by atoms with Gasteiger partial charge < -0.3 is 16.0 Å². The average molecular weight is 247 g/mol. The number of carbonyl (C=O) groups excluding carboxylic acids is 1. The van der Waals surface area contributed by atoms with Crippen molar-refractivity contribution in [3.63, 3.8) is 0 Å². The molecule has 0 saturated heterocycles. The molecule has 2 rings (SSSR count). The Hall–Kier alpha value is -1.55. The standard InChI is InChI=1S/C14H21N3O/c1-10(15)14(18)16-9-11-5-6-13-12(8-11)4-3-7-17(13)2/h5-6,8,10H,3-4,7,9,15H2,1-2H3,(H,16,18). The fourth-order valence-electron chi connectivity index (χ4n) is 2.30. The van der Waals surface area contributed by atoms with Gasteiger partial charge in [0.25, 0.3) is 0 Å². The fraction of sp³-hybridized carbons (Fsp3) is 0.500. The van der Waals surface area contributed by atoms with Crippen molar-refractivity contribution in [3.8, 4) is 0 Å². The van der Waals surface area contributed by atoms with Gasteiger partial charge in [0, 0.05) is 25.8 Å². The number of carbonyl (C=O) groups is 1. The van der Waals surface area contributed by atoms with Gasteiger partial charge in [-0.3, -0.25) is 4.79 Å². The molecule has 1 atom stereocenters. The van der Waals surface area contributed by atoms with Crippen LogP contribution in [0.5, 0.6) is 0 Å². The van der Waals surface area contributed by atoms with Crippen molar-refractivity contribution in [2.45, 2.75) is 32.4 Å². The molecule has 0 fully saturated rings. The zero-order valence-electron chi connectivity index (χ0n) is 11.1. The van der Waals surface area contributed by atoms with Gasteiger partial charge in [0.1, 0.15) is 0 Å². The number of aryl methyl sites for hydroxylation is 1. The van der Waals surface area contributed by atoms with Crippen LogP contribution < -0.4 is 16.0 Å². The zero-order valence-corrected chi connectivity index (χ0v) is 11.1. The van der Waals surface area contributed by atoms with Gasteiger partial charge in [-0.25, -0.2) is 0 Å². The fourth-order valence-corrected chi connectivity index (χ4v) is 2.30. The van der Waals surface area contributed by atoms with E-state index in [0.717, 1.165) is 18.5 Å². The lowest BCUT2D eigenvalue weighted by molar-refractivity contribution is -0.122. The van der Waals surface area contributed by atoms with Crippen molar-refractivity contribution in [3.05, 3.63) is 29.3 Å². The predicted octanol–water partition coefficient (Wildman–Crippen LogP) is 1.03. The first kappa shape index (κ1) is 12.9. The molecular formula is C14H21N3O. The van der Waals surface area contributed by atoms with Crippen LogP contribution in [0.1, 0.15) is 24.5 Å². The van der Waals surface area contributed by atoms with Crippen LogP contribution in [0.2, 0.25) is 0 Å². The minimum Gasteiger partial charge on any atom is -0.374 e. The number of nitrogens with zero attached hydrogens (tertiary/aromatic N) is 1. The van der Waals surface area contributed by atoms with E-state index in [1.165, 1.54) is 17.7 Å². The van der Waals surface area contributed by atoms with E-state index in [9.17, 15) is 4.79 Å². The summed E-state index contributed by atoms with van der Waals surface area (Å²) in [7, 11) is 2.12. The summed E-state index contributed by atoms with van der Waals surface area (Å²) < 4.78 is 0. The van der Waals surface area contributed by atoms with E-state index in [1.54, 1.807) is 6.92 Å². The van der Waals surface area contributed by atoms with Gasteiger partial charge in [0.05, 0.1) is 6.04 Å². The molecule has 1 unspecified atom stereocenters. The van der Waals surface area contributed by atoms with Crippen LogP contribution in [0.25, 0.3) is 0 Å².